The highest BCUT2D eigenvalue weighted by Crippen LogP contribution is 2.57. The highest BCUT2D eigenvalue weighted by Gasteiger charge is 2.50. The van der Waals surface area contributed by atoms with Gasteiger partial charge in [0.15, 0.2) is 0 Å². The lowest BCUT2D eigenvalue weighted by Crippen LogP contribution is -2.12. The lowest BCUT2D eigenvalue weighted by molar-refractivity contribution is 0.0690. The normalized spacial score (nSPS) is 16.2. The lowest BCUT2D eigenvalue weighted by Gasteiger charge is -2.14. The number of aromatic amines is 1. The van der Waals surface area contributed by atoms with Crippen LogP contribution in [-0.2, 0) is 5.41 Å². The molecule has 0 amide bonds. The van der Waals surface area contributed by atoms with Gasteiger partial charge in [-0.05, 0) is 42.5 Å². The number of aromatic nitrogens is 1. The SMILES string of the molecule is O=C(O)c1[nH]c2ccc(Cl)cc2c1C1(c2cccs2)CC1. The van der Waals surface area contributed by atoms with Crippen molar-refractivity contribution in [1.82, 2.24) is 4.98 Å². The van der Waals surface area contributed by atoms with Crippen LogP contribution < -0.4 is 0 Å². The van der Waals surface area contributed by atoms with E-state index < -0.39 is 5.97 Å². The van der Waals surface area contributed by atoms with E-state index >= 15 is 0 Å². The molecule has 0 bridgehead atoms. The standard InChI is InChI=1S/C16H12ClNO2S/c17-9-3-4-11-10(8-9)13(14(18-11)15(19)20)16(5-6-16)12-2-1-7-21-12/h1-4,7-8,18H,5-6H2,(H,19,20). The van der Waals surface area contributed by atoms with Gasteiger partial charge < -0.3 is 10.1 Å². The number of halogens is 1. The zero-order valence-corrected chi connectivity index (χ0v) is 12.6. The van der Waals surface area contributed by atoms with Crippen molar-refractivity contribution >= 4 is 39.8 Å². The predicted molar refractivity (Wildman–Crippen MR) is 84.6 cm³/mol. The molecule has 2 N–H and O–H groups in total. The summed E-state index contributed by atoms with van der Waals surface area (Å²) in [5, 5.41) is 13.2. The number of benzene rings is 1. The van der Waals surface area contributed by atoms with Crippen LogP contribution in [-0.4, -0.2) is 16.1 Å². The third-order valence-corrected chi connectivity index (χ3v) is 5.50. The maximum absolute atomic E-state index is 11.7. The molecular weight excluding hydrogens is 306 g/mol. The Hall–Kier alpha value is -1.78. The zero-order valence-electron chi connectivity index (χ0n) is 11.0. The van der Waals surface area contributed by atoms with E-state index in [0.29, 0.717) is 5.02 Å². The number of rotatable bonds is 3. The summed E-state index contributed by atoms with van der Waals surface area (Å²) < 4.78 is 0. The minimum atomic E-state index is -0.917. The quantitative estimate of drug-likeness (QED) is 0.738. The molecule has 0 saturated heterocycles. The fourth-order valence-electron chi connectivity index (χ4n) is 3.12. The van der Waals surface area contributed by atoms with Gasteiger partial charge in [-0.2, -0.15) is 0 Å². The molecule has 0 aliphatic heterocycles. The van der Waals surface area contributed by atoms with Crippen LogP contribution in [0.2, 0.25) is 5.02 Å². The molecule has 0 spiro atoms. The van der Waals surface area contributed by atoms with E-state index in [9.17, 15) is 9.90 Å². The van der Waals surface area contributed by atoms with E-state index in [1.54, 1.807) is 17.4 Å². The van der Waals surface area contributed by atoms with Crippen LogP contribution in [0.5, 0.6) is 0 Å². The number of fused-ring (bicyclic) bond motifs is 1. The Morgan fingerprint density at radius 1 is 1.33 bits per heavy atom. The Morgan fingerprint density at radius 3 is 2.76 bits per heavy atom. The van der Waals surface area contributed by atoms with Crippen LogP contribution >= 0.6 is 22.9 Å². The molecule has 1 saturated carbocycles. The van der Waals surface area contributed by atoms with Crippen LogP contribution in [0.1, 0.15) is 33.8 Å². The molecule has 1 aromatic carbocycles. The van der Waals surface area contributed by atoms with Crippen molar-refractivity contribution in [3.63, 3.8) is 0 Å². The van der Waals surface area contributed by atoms with Crippen molar-refractivity contribution < 1.29 is 9.90 Å². The lowest BCUT2D eigenvalue weighted by atomic mass is 9.91. The Bertz CT molecular complexity index is 847. The Labute approximate surface area is 130 Å². The number of hydrogen-bond donors (Lipinski definition) is 2. The summed E-state index contributed by atoms with van der Waals surface area (Å²) in [5.74, 6) is -0.917. The number of carbonyl (C=O) groups is 1. The van der Waals surface area contributed by atoms with Crippen molar-refractivity contribution in [3.05, 3.63) is 56.9 Å². The summed E-state index contributed by atoms with van der Waals surface area (Å²) in [6, 6.07) is 9.59. The third-order valence-electron chi connectivity index (χ3n) is 4.20. The number of aromatic carboxylic acids is 1. The fraction of sp³-hybridized carbons (Fsp3) is 0.188. The Morgan fingerprint density at radius 2 is 2.14 bits per heavy atom. The molecule has 0 radical (unpaired) electrons. The van der Waals surface area contributed by atoms with Gasteiger partial charge in [-0.1, -0.05) is 17.7 Å². The molecular formula is C16H12ClNO2S. The first-order valence-electron chi connectivity index (χ1n) is 6.71. The van der Waals surface area contributed by atoms with Gasteiger partial charge in [0.25, 0.3) is 0 Å². The van der Waals surface area contributed by atoms with E-state index in [2.05, 4.69) is 11.1 Å². The molecule has 0 unspecified atom stereocenters. The topological polar surface area (TPSA) is 53.1 Å². The highest BCUT2D eigenvalue weighted by molar-refractivity contribution is 7.10. The number of carboxylic acid groups (broad SMARTS) is 1. The molecule has 106 valence electrons. The first-order chi connectivity index (χ1) is 10.1. The predicted octanol–water partition coefficient (Wildman–Crippen LogP) is 4.66. The molecule has 3 aromatic rings. The number of H-pyrrole nitrogens is 1. The minimum Gasteiger partial charge on any atom is -0.477 e. The van der Waals surface area contributed by atoms with Gasteiger partial charge in [0.1, 0.15) is 5.69 Å². The number of thiophene rings is 1. The van der Waals surface area contributed by atoms with Crippen molar-refractivity contribution in [3.8, 4) is 0 Å². The van der Waals surface area contributed by atoms with E-state index in [4.69, 9.17) is 11.6 Å². The monoisotopic (exact) mass is 317 g/mol. The van der Waals surface area contributed by atoms with Crippen molar-refractivity contribution in [1.29, 1.82) is 0 Å². The van der Waals surface area contributed by atoms with Crippen LogP contribution in [0.3, 0.4) is 0 Å². The van der Waals surface area contributed by atoms with E-state index in [1.165, 1.54) is 4.88 Å². The summed E-state index contributed by atoms with van der Waals surface area (Å²) in [7, 11) is 0. The molecule has 1 fully saturated rings. The molecule has 2 heterocycles. The largest absolute Gasteiger partial charge is 0.477 e. The average Bonchev–Trinajstić information content (AvgIpc) is 2.91. The summed E-state index contributed by atoms with van der Waals surface area (Å²) in [6.45, 7) is 0. The summed E-state index contributed by atoms with van der Waals surface area (Å²) in [6.07, 6.45) is 1.96. The maximum Gasteiger partial charge on any atom is 0.352 e. The highest BCUT2D eigenvalue weighted by atomic mass is 35.5. The van der Waals surface area contributed by atoms with Gasteiger partial charge in [0.05, 0.1) is 0 Å². The van der Waals surface area contributed by atoms with Gasteiger partial charge in [-0.15, -0.1) is 11.3 Å². The Balaban J connectivity index is 2.05. The zero-order chi connectivity index (χ0) is 14.6. The maximum atomic E-state index is 11.7. The second kappa shape index (κ2) is 4.36. The molecule has 4 rings (SSSR count). The van der Waals surface area contributed by atoms with Gasteiger partial charge in [0.2, 0.25) is 0 Å². The molecule has 1 aliphatic carbocycles. The smallest absolute Gasteiger partial charge is 0.352 e. The fourth-order valence-corrected chi connectivity index (χ4v) is 4.28. The van der Waals surface area contributed by atoms with E-state index in [-0.39, 0.29) is 11.1 Å². The summed E-state index contributed by atoms with van der Waals surface area (Å²) >= 11 is 7.80. The molecule has 0 atom stereocenters. The second-order valence-electron chi connectivity index (χ2n) is 5.43. The van der Waals surface area contributed by atoms with Crippen LogP contribution in [0.4, 0.5) is 0 Å². The van der Waals surface area contributed by atoms with E-state index in [1.807, 2.05) is 23.6 Å². The summed E-state index contributed by atoms with van der Waals surface area (Å²) in [5.41, 5.74) is 1.84. The van der Waals surface area contributed by atoms with E-state index in [0.717, 1.165) is 29.3 Å². The van der Waals surface area contributed by atoms with Crippen molar-refractivity contribution in [2.45, 2.75) is 18.3 Å². The molecule has 1 aliphatic rings. The van der Waals surface area contributed by atoms with Gasteiger partial charge in [-0.25, -0.2) is 4.79 Å². The van der Waals surface area contributed by atoms with Crippen molar-refractivity contribution in [2.24, 2.45) is 0 Å². The number of carboxylic acids is 1. The molecule has 5 heteroatoms. The first-order valence-corrected chi connectivity index (χ1v) is 7.96. The van der Waals surface area contributed by atoms with Gasteiger partial charge >= 0.3 is 5.97 Å². The third kappa shape index (κ3) is 1.83. The van der Waals surface area contributed by atoms with Crippen LogP contribution in [0, 0.1) is 0 Å². The van der Waals surface area contributed by atoms with Gasteiger partial charge in [0, 0.05) is 31.8 Å². The minimum absolute atomic E-state index is 0.162. The van der Waals surface area contributed by atoms with Crippen LogP contribution in [0.25, 0.3) is 10.9 Å². The number of hydrogen-bond acceptors (Lipinski definition) is 2. The van der Waals surface area contributed by atoms with Crippen molar-refractivity contribution in [2.75, 3.05) is 0 Å². The molecule has 2 aromatic heterocycles. The molecule has 3 nitrogen and oxygen atoms in total. The molecule has 21 heavy (non-hydrogen) atoms. The summed E-state index contributed by atoms with van der Waals surface area (Å²) in [4.78, 5) is 15.9. The Kier molecular flexibility index (Phi) is 2.68. The second-order valence-corrected chi connectivity index (χ2v) is 6.81. The van der Waals surface area contributed by atoms with Gasteiger partial charge in [-0.3, -0.25) is 0 Å². The average molecular weight is 318 g/mol. The number of nitrogens with one attached hydrogen (secondary N) is 1. The van der Waals surface area contributed by atoms with Crippen LogP contribution in [0.15, 0.2) is 35.7 Å². The first kappa shape index (κ1) is 12.9.